The molecule has 1 atom stereocenters. The molecule has 1 aliphatic heterocycles. The number of hydrogen-bond acceptors (Lipinski definition) is 3. The van der Waals surface area contributed by atoms with Crippen molar-refractivity contribution in [3.05, 3.63) is 12.7 Å². The fourth-order valence-corrected chi connectivity index (χ4v) is 1.44. The predicted molar refractivity (Wildman–Crippen MR) is 51.5 cm³/mol. The molecule has 0 aromatic rings. The average molecular weight is 197 g/mol. The molecule has 1 aliphatic rings. The average Bonchev–Trinajstić information content (AvgIpc) is 2.19. The van der Waals surface area contributed by atoms with Crippen molar-refractivity contribution in [3.8, 4) is 0 Å². The third kappa shape index (κ3) is 1.95. The maximum absolute atomic E-state index is 11.6. The van der Waals surface area contributed by atoms with Gasteiger partial charge in [-0.2, -0.15) is 0 Å². The van der Waals surface area contributed by atoms with Crippen LogP contribution in [-0.4, -0.2) is 25.0 Å². The lowest BCUT2D eigenvalue weighted by molar-refractivity contribution is -0.161. The Morgan fingerprint density at radius 1 is 1.79 bits per heavy atom. The summed E-state index contributed by atoms with van der Waals surface area (Å²) in [7, 11) is 0. The Hall–Kier alpha value is -1.32. The van der Waals surface area contributed by atoms with E-state index in [1.807, 2.05) is 0 Å². The van der Waals surface area contributed by atoms with Crippen LogP contribution in [0.25, 0.3) is 0 Å². The van der Waals surface area contributed by atoms with Gasteiger partial charge in [0.05, 0.1) is 0 Å². The summed E-state index contributed by atoms with van der Waals surface area (Å²) < 4.78 is 4.89. The highest BCUT2D eigenvalue weighted by atomic mass is 16.5. The van der Waals surface area contributed by atoms with Gasteiger partial charge in [-0.25, -0.2) is 0 Å². The molecule has 1 saturated heterocycles. The van der Waals surface area contributed by atoms with Gasteiger partial charge < -0.3 is 10.1 Å². The zero-order valence-electron chi connectivity index (χ0n) is 8.34. The highest BCUT2D eigenvalue weighted by Crippen LogP contribution is 2.28. The summed E-state index contributed by atoms with van der Waals surface area (Å²) in [6.07, 6.45) is 2.85. The van der Waals surface area contributed by atoms with Crippen LogP contribution >= 0.6 is 0 Å². The van der Waals surface area contributed by atoms with Crippen molar-refractivity contribution in [1.82, 2.24) is 5.32 Å². The van der Waals surface area contributed by atoms with Crippen LogP contribution in [0.2, 0.25) is 0 Å². The van der Waals surface area contributed by atoms with Crippen LogP contribution in [0, 0.1) is 5.41 Å². The largest absolute Gasteiger partial charge is 0.461 e. The van der Waals surface area contributed by atoms with Gasteiger partial charge in [0.2, 0.25) is 5.91 Å². The van der Waals surface area contributed by atoms with E-state index in [9.17, 15) is 9.59 Å². The molecule has 0 spiro atoms. The Kier molecular flexibility index (Phi) is 3.28. The summed E-state index contributed by atoms with van der Waals surface area (Å²) in [5.74, 6) is -0.701. The molecule has 0 radical (unpaired) electrons. The number of piperidine rings is 1. The summed E-state index contributed by atoms with van der Waals surface area (Å²) >= 11 is 0. The lowest BCUT2D eigenvalue weighted by atomic mass is 9.82. The van der Waals surface area contributed by atoms with E-state index in [1.54, 1.807) is 6.92 Å². The van der Waals surface area contributed by atoms with Gasteiger partial charge in [0.25, 0.3) is 0 Å². The fourth-order valence-electron chi connectivity index (χ4n) is 1.44. The minimum atomic E-state index is -1.01. The van der Waals surface area contributed by atoms with Gasteiger partial charge in [-0.05, 0) is 19.8 Å². The Morgan fingerprint density at radius 3 is 3.07 bits per heavy atom. The molecule has 0 aromatic heterocycles. The number of hydrogen-bond donors (Lipinski definition) is 1. The van der Waals surface area contributed by atoms with Crippen LogP contribution in [0.3, 0.4) is 0 Å². The molecule has 1 rings (SSSR count). The highest BCUT2D eigenvalue weighted by Gasteiger charge is 2.43. The first-order valence-electron chi connectivity index (χ1n) is 4.67. The smallest absolute Gasteiger partial charge is 0.321 e. The van der Waals surface area contributed by atoms with Crippen LogP contribution < -0.4 is 5.32 Å². The van der Waals surface area contributed by atoms with Gasteiger partial charge in [0.15, 0.2) is 0 Å². The van der Waals surface area contributed by atoms with Gasteiger partial charge >= 0.3 is 5.97 Å². The van der Waals surface area contributed by atoms with Crippen LogP contribution in [-0.2, 0) is 14.3 Å². The minimum absolute atomic E-state index is 0.154. The van der Waals surface area contributed by atoms with Crippen LogP contribution in [0.15, 0.2) is 12.7 Å². The van der Waals surface area contributed by atoms with E-state index in [2.05, 4.69) is 11.9 Å². The zero-order valence-corrected chi connectivity index (χ0v) is 8.34. The normalized spacial score (nSPS) is 26.5. The van der Waals surface area contributed by atoms with Crippen molar-refractivity contribution in [2.24, 2.45) is 5.41 Å². The first kappa shape index (κ1) is 10.8. The van der Waals surface area contributed by atoms with Crippen LogP contribution in [0.4, 0.5) is 0 Å². The van der Waals surface area contributed by atoms with Crippen molar-refractivity contribution in [2.45, 2.75) is 19.8 Å². The van der Waals surface area contributed by atoms with Crippen molar-refractivity contribution in [2.75, 3.05) is 13.2 Å². The van der Waals surface area contributed by atoms with E-state index in [1.165, 1.54) is 6.08 Å². The molecule has 1 unspecified atom stereocenters. The molecule has 1 amide bonds. The van der Waals surface area contributed by atoms with E-state index in [0.29, 0.717) is 13.0 Å². The van der Waals surface area contributed by atoms with Crippen LogP contribution in [0.5, 0.6) is 0 Å². The number of rotatable bonds is 3. The zero-order chi connectivity index (χ0) is 10.6. The van der Waals surface area contributed by atoms with Gasteiger partial charge in [-0.15, -0.1) is 0 Å². The maximum Gasteiger partial charge on any atom is 0.321 e. The third-order valence-electron chi connectivity index (χ3n) is 2.42. The summed E-state index contributed by atoms with van der Waals surface area (Å²) in [4.78, 5) is 23.0. The lowest BCUT2D eigenvalue weighted by Crippen LogP contribution is -2.49. The van der Waals surface area contributed by atoms with Gasteiger partial charge in [0.1, 0.15) is 12.0 Å². The molecule has 1 heterocycles. The van der Waals surface area contributed by atoms with E-state index < -0.39 is 11.4 Å². The molecule has 1 fully saturated rings. The molecular weight excluding hydrogens is 182 g/mol. The molecule has 0 aliphatic carbocycles. The van der Waals surface area contributed by atoms with E-state index in [4.69, 9.17) is 4.74 Å². The number of carbonyl (C=O) groups excluding carboxylic acids is 2. The molecule has 0 bridgehead atoms. The molecule has 4 heteroatoms. The van der Waals surface area contributed by atoms with Gasteiger partial charge in [-0.3, -0.25) is 9.59 Å². The monoisotopic (exact) mass is 197 g/mol. The SMILES string of the molecule is C=CCOC(=O)C1(C)CCCNC1=O. The Morgan fingerprint density at radius 2 is 2.50 bits per heavy atom. The lowest BCUT2D eigenvalue weighted by Gasteiger charge is -2.29. The second-order valence-corrected chi connectivity index (χ2v) is 3.58. The highest BCUT2D eigenvalue weighted by molar-refractivity contribution is 6.02. The van der Waals surface area contributed by atoms with E-state index in [0.717, 1.165) is 6.42 Å². The topological polar surface area (TPSA) is 55.4 Å². The van der Waals surface area contributed by atoms with E-state index >= 15 is 0 Å². The second kappa shape index (κ2) is 4.26. The number of esters is 1. The minimum Gasteiger partial charge on any atom is -0.461 e. The maximum atomic E-state index is 11.6. The van der Waals surface area contributed by atoms with Crippen LogP contribution in [0.1, 0.15) is 19.8 Å². The Bertz CT molecular complexity index is 262. The number of nitrogens with one attached hydrogen (secondary N) is 1. The summed E-state index contributed by atoms with van der Waals surface area (Å²) in [5.41, 5.74) is -1.01. The first-order chi connectivity index (χ1) is 6.61. The molecular formula is C10H15NO3. The number of carbonyl (C=O) groups is 2. The van der Waals surface area contributed by atoms with Crippen molar-refractivity contribution < 1.29 is 14.3 Å². The molecule has 1 N–H and O–H groups in total. The van der Waals surface area contributed by atoms with Crippen molar-refractivity contribution >= 4 is 11.9 Å². The Labute approximate surface area is 83.3 Å². The summed E-state index contributed by atoms with van der Waals surface area (Å²) in [6, 6.07) is 0. The second-order valence-electron chi connectivity index (χ2n) is 3.58. The van der Waals surface area contributed by atoms with Gasteiger partial charge in [-0.1, -0.05) is 12.7 Å². The standard InChI is InChI=1S/C10H15NO3/c1-3-7-14-9(13)10(2)5-4-6-11-8(10)12/h3H,1,4-7H2,2H3,(H,11,12). The summed E-state index contributed by atoms with van der Waals surface area (Å²) in [5, 5.41) is 2.66. The molecule has 78 valence electrons. The van der Waals surface area contributed by atoms with E-state index in [-0.39, 0.29) is 12.5 Å². The van der Waals surface area contributed by atoms with Crippen molar-refractivity contribution in [1.29, 1.82) is 0 Å². The molecule has 0 aromatic carbocycles. The van der Waals surface area contributed by atoms with Crippen molar-refractivity contribution in [3.63, 3.8) is 0 Å². The summed E-state index contributed by atoms with van der Waals surface area (Å²) in [6.45, 7) is 5.86. The fraction of sp³-hybridized carbons (Fsp3) is 0.600. The number of amides is 1. The predicted octanol–water partition coefficient (Wildman–Crippen LogP) is 0.632. The molecule has 14 heavy (non-hydrogen) atoms. The molecule has 0 saturated carbocycles. The third-order valence-corrected chi connectivity index (χ3v) is 2.42. The quantitative estimate of drug-likeness (QED) is 0.410. The molecule has 4 nitrogen and oxygen atoms in total. The number of ether oxygens (including phenoxy) is 1. The van der Waals surface area contributed by atoms with Gasteiger partial charge in [0, 0.05) is 6.54 Å². The Balaban J connectivity index is 2.66. The first-order valence-corrected chi connectivity index (χ1v) is 4.67.